The third kappa shape index (κ3) is 5.20. The Kier molecular flexibility index (Phi) is 9.17. The van der Waals surface area contributed by atoms with Gasteiger partial charge in [0.05, 0.1) is 10.0 Å². The predicted molar refractivity (Wildman–Crippen MR) is 89.2 cm³/mol. The summed E-state index contributed by atoms with van der Waals surface area (Å²) in [5.41, 5.74) is -0.0985. The van der Waals surface area contributed by atoms with Gasteiger partial charge in [0.25, 0.3) is 0 Å². The first-order valence-corrected chi connectivity index (χ1v) is 7.10. The molecule has 0 spiro atoms. The Morgan fingerprint density at radius 1 is 1.05 bits per heavy atom. The van der Waals surface area contributed by atoms with Gasteiger partial charge in [-0.3, -0.25) is 4.90 Å². The van der Waals surface area contributed by atoms with Crippen molar-refractivity contribution in [2.75, 3.05) is 26.2 Å². The van der Waals surface area contributed by atoms with Crippen molar-refractivity contribution in [3.05, 3.63) is 32.8 Å². The normalized spacial score (nSPS) is 17.4. The number of alkyl halides is 3. The summed E-state index contributed by atoms with van der Waals surface area (Å²) in [6.45, 7) is 1.56. The van der Waals surface area contributed by atoms with Crippen LogP contribution < -0.4 is 5.32 Å². The number of hydrogen-bond acceptors (Lipinski definition) is 2. The van der Waals surface area contributed by atoms with Gasteiger partial charge in [0.2, 0.25) is 0 Å². The van der Waals surface area contributed by atoms with Crippen LogP contribution in [0.15, 0.2) is 12.1 Å². The van der Waals surface area contributed by atoms with E-state index in [4.69, 9.17) is 34.8 Å². The van der Waals surface area contributed by atoms with Crippen molar-refractivity contribution in [1.82, 2.24) is 10.2 Å². The fourth-order valence-corrected chi connectivity index (χ4v) is 3.02. The third-order valence-electron chi connectivity index (χ3n) is 3.14. The molecule has 0 saturated carbocycles. The van der Waals surface area contributed by atoms with Crippen LogP contribution in [0.4, 0.5) is 13.2 Å². The van der Waals surface area contributed by atoms with E-state index in [9.17, 15) is 13.2 Å². The molecule has 2 rings (SSSR count). The first-order valence-electron chi connectivity index (χ1n) is 5.96. The maximum atomic E-state index is 13.4. The first-order chi connectivity index (χ1) is 9.30. The quantitative estimate of drug-likeness (QED) is 0.678. The van der Waals surface area contributed by atoms with E-state index in [1.54, 1.807) is 0 Å². The lowest BCUT2D eigenvalue weighted by atomic mass is 10.0. The number of benzene rings is 1. The molecular formula is C12H14Cl5F3N2. The minimum Gasteiger partial charge on any atom is -0.314 e. The fraction of sp³-hybridized carbons (Fsp3) is 0.500. The van der Waals surface area contributed by atoms with Crippen LogP contribution in [0.2, 0.25) is 15.1 Å². The Labute approximate surface area is 154 Å². The Bertz CT molecular complexity index is 492. The van der Waals surface area contributed by atoms with E-state index in [2.05, 4.69) is 5.32 Å². The Balaban J connectivity index is 0.00000220. The van der Waals surface area contributed by atoms with Crippen LogP contribution >= 0.6 is 59.6 Å². The van der Waals surface area contributed by atoms with Gasteiger partial charge in [-0.15, -0.1) is 24.8 Å². The molecule has 1 fully saturated rings. The highest BCUT2D eigenvalue weighted by Crippen LogP contribution is 2.43. The molecule has 0 aromatic heterocycles. The molecule has 0 unspecified atom stereocenters. The summed E-state index contributed by atoms with van der Waals surface area (Å²) in [5.74, 6) is 0. The van der Waals surface area contributed by atoms with Gasteiger partial charge in [0, 0.05) is 31.2 Å². The van der Waals surface area contributed by atoms with E-state index >= 15 is 0 Å². The number of halogens is 8. The van der Waals surface area contributed by atoms with Crippen molar-refractivity contribution in [3.8, 4) is 0 Å². The summed E-state index contributed by atoms with van der Waals surface area (Å²) in [4.78, 5) is 1.34. The molecule has 0 radical (unpaired) electrons. The molecule has 1 heterocycles. The minimum atomic E-state index is -4.45. The first kappa shape index (κ1) is 22.4. The van der Waals surface area contributed by atoms with Crippen LogP contribution in [0.5, 0.6) is 0 Å². The number of nitrogens with zero attached hydrogens (tertiary/aromatic N) is 1. The molecule has 1 aliphatic heterocycles. The molecule has 0 bridgehead atoms. The average molecular weight is 421 g/mol. The van der Waals surface area contributed by atoms with E-state index in [1.165, 1.54) is 17.0 Å². The molecular weight excluding hydrogens is 406 g/mol. The van der Waals surface area contributed by atoms with Crippen molar-refractivity contribution in [1.29, 1.82) is 0 Å². The van der Waals surface area contributed by atoms with Gasteiger partial charge < -0.3 is 5.32 Å². The predicted octanol–water partition coefficient (Wildman–Crippen LogP) is 5.00. The minimum absolute atomic E-state index is 0. The molecule has 0 amide bonds. The summed E-state index contributed by atoms with van der Waals surface area (Å²) in [7, 11) is 0. The second-order valence-electron chi connectivity index (χ2n) is 4.52. The maximum Gasteiger partial charge on any atom is 0.408 e. The largest absolute Gasteiger partial charge is 0.408 e. The van der Waals surface area contributed by atoms with Crippen molar-refractivity contribution in [3.63, 3.8) is 0 Å². The van der Waals surface area contributed by atoms with Crippen molar-refractivity contribution in [2.24, 2.45) is 0 Å². The van der Waals surface area contributed by atoms with Crippen molar-refractivity contribution in [2.45, 2.75) is 12.2 Å². The monoisotopic (exact) mass is 418 g/mol. The summed E-state index contributed by atoms with van der Waals surface area (Å²) in [6, 6.07) is 0.768. The summed E-state index contributed by atoms with van der Waals surface area (Å²) in [6.07, 6.45) is -4.45. The fourth-order valence-electron chi connectivity index (χ4n) is 2.30. The molecule has 1 aromatic rings. The molecule has 1 saturated heterocycles. The summed E-state index contributed by atoms with van der Waals surface area (Å²) >= 11 is 17.6. The number of rotatable bonds is 2. The highest BCUT2D eigenvalue weighted by Gasteiger charge is 2.46. The molecule has 2 nitrogen and oxygen atoms in total. The molecule has 22 heavy (non-hydrogen) atoms. The summed E-state index contributed by atoms with van der Waals surface area (Å²) in [5, 5.41) is 3.08. The van der Waals surface area contributed by atoms with Gasteiger partial charge >= 0.3 is 6.18 Å². The van der Waals surface area contributed by atoms with Gasteiger partial charge in [-0.25, -0.2) is 0 Å². The van der Waals surface area contributed by atoms with Crippen LogP contribution in [0.25, 0.3) is 0 Å². The van der Waals surface area contributed by atoms with E-state index in [1.807, 2.05) is 0 Å². The van der Waals surface area contributed by atoms with Crippen LogP contribution in [0, 0.1) is 0 Å². The van der Waals surface area contributed by atoms with Crippen LogP contribution in [-0.4, -0.2) is 37.3 Å². The number of hydrogen-bond donors (Lipinski definition) is 1. The maximum absolute atomic E-state index is 13.4. The SMILES string of the molecule is Cl.Cl.FC(F)(F)[C@H](c1cc(Cl)cc(Cl)c1Cl)N1CCNCC1. The Hall–Kier alpha value is 0.380. The molecule has 10 heteroatoms. The number of nitrogens with one attached hydrogen (secondary N) is 1. The second kappa shape index (κ2) is 9.02. The van der Waals surface area contributed by atoms with Gasteiger partial charge in [0.15, 0.2) is 0 Å². The average Bonchev–Trinajstić information content (AvgIpc) is 2.35. The Morgan fingerprint density at radius 2 is 1.59 bits per heavy atom. The van der Waals surface area contributed by atoms with Gasteiger partial charge in [0.1, 0.15) is 6.04 Å². The molecule has 1 N–H and O–H groups in total. The zero-order chi connectivity index (χ0) is 14.9. The van der Waals surface area contributed by atoms with Crippen molar-refractivity contribution >= 4 is 59.6 Å². The van der Waals surface area contributed by atoms with Gasteiger partial charge in [-0.1, -0.05) is 34.8 Å². The van der Waals surface area contributed by atoms with E-state index < -0.39 is 12.2 Å². The van der Waals surface area contributed by atoms with Crippen molar-refractivity contribution < 1.29 is 13.2 Å². The van der Waals surface area contributed by atoms with Gasteiger partial charge in [-0.05, 0) is 17.7 Å². The lowest BCUT2D eigenvalue weighted by Crippen LogP contribution is -2.49. The standard InChI is InChI=1S/C12H12Cl3F3N2.2ClH/c13-7-5-8(10(15)9(14)6-7)11(12(16,17)18)20-3-1-19-2-4-20;;/h5-6,11,19H,1-4H2;2*1H/t11-;;/m0../s1. The van der Waals surface area contributed by atoms with E-state index in [0.717, 1.165) is 0 Å². The topological polar surface area (TPSA) is 15.3 Å². The highest BCUT2D eigenvalue weighted by molar-refractivity contribution is 6.43. The lowest BCUT2D eigenvalue weighted by molar-refractivity contribution is -0.187. The zero-order valence-corrected chi connectivity index (χ0v) is 15.0. The van der Waals surface area contributed by atoms with Crippen LogP contribution in [0.1, 0.15) is 11.6 Å². The van der Waals surface area contributed by atoms with E-state index in [0.29, 0.717) is 13.1 Å². The third-order valence-corrected chi connectivity index (χ3v) is 4.18. The zero-order valence-electron chi connectivity index (χ0n) is 11.1. The smallest absolute Gasteiger partial charge is 0.314 e. The van der Waals surface area contributed by atoms with Gasteiger partial charge in [-0.2, -0.15) is 13.2 Å². The second-order valence-corrected chi connectivity index (χ2v) is 5.74. The molecule has 1 aliphatic rings. The highest BCUT2D eigenvalue weighted by atomic mass is 35.5. The molecule has 0 aliphatic carbocycles. The van der Waals surface area contributed by atoms with Crippen LogP contribution in [0.3, 0.4) is 0 Å². The molecule has 128 valence electrons. The van der Waals surface area contributed by atoms with E-state index in [-0.39, 0.29) is 58.5 Å². The van der Waals surface area contributed by atoms with Crippen LogP contribution in [-0.2, 0) is 0 Å². The number of piperazine rings is 1. The lowest BCUT2D eigenvalue weighted by Gasteiger charge is -2.36. The summed E-state index contributed by atoms with van der Waals surface area (Å²) < 4.78 is 40.3. The Morgan fingerprint density at radius 3 is 2.09 bits per heavy atom. The molecule has 1 aromatic carbocycles. The molecule has 1 atom stereocenters.